The SMILES string of the molecule is CC1CCCCC1Nc1ccc(C#N)cc1Cl. The van der Waals surface area contributed by atoms with E-state index in [9.17, 15) is 0 Å². The van der Waals surface area contributed by atoms with Crippen molar-refractivity contribution >= 4 is 17.3 Å². The average Bonchev–Trinajstić information content (AvgIpc) is 2.34. The largest absolute Gasteiger partial charge is 0.381 e. The minimum Gasteiger partial charge on any atom is -0.381 e. The number of rotatable bonds is 2. The van der Waals surface area contributed by atoms with Gasteiger partial charge in [-0.25, -0.2) is 0 Å². The van der Waals surface area contributed by atoms with Crippen LogP contribution in [0.2, 0.25) is 5.02 Å². The molecule has 1 N–H and O–H groups in total. The summed E-state index contributed by atoms with van der Waals surface area (Å²) in [6.07, 6.45) is 5.11. The topological polar surface area (TPSA) is 35.8 Å². The summed E-state index contributed by atoms with van der Waals surface area (Å²) in [5.74, 6) is 0.690. The van der Waals surface area contributed by atoms with Crippen LogP contribution in [-0.4, -0.2) is 6.04 Å². The smallest absolute Gasteiger partial charge is 0.0992 e. The second-order valence-corrected chi connectivity index (χ2v) is 5.23. The molecule has 0 saturated heterocycles. The van der Waals surface area contributed by atoms with Gasteiger partial charge >= 0.3 is 0 Å². The van der Waals surface area contributed by atoms with E-state index in [1.165, 1.54) is 25.7 Å². The minimum absolute atomic E-state index is 0.509. The van der Waals surface area contributed by atoms with Crippen LogP contribution in [0.1, 0.15) is 38.2 Å². The van der Waals surface area contributed by atoms with E-state index >= 15 is 0 Å². The summed E-state index contributed by atoms with van der Waals surface area (Å²) in [5, 5.41) is 12.9. The fraction of sp³-hybridized carbons (Fsp3) is 0.500. The van der Waals surface area contributed by atoms with Gasteiger partial charge in [-0.15, -0.1) is 0 Å². The van der Waals surface area contributed by atoms with Gasteiger partial charge in [-0.1, -0.05) is 31.4 Å². The lowest BCUT2D eigenvalue weighted by Crippen LogP contribution is -2.30. The van der Waals surface area contributed by atoms with E-state index in [0.29, 0.717) is 22.5 Å². The van der Waals surface area contributed by atoms with Crippen LogP contribution in [-0.2, 0) is 0 Å². The van der Waals surface area contributed by atoms with Crippen molar-refractivity contribution in [3.63, 3.8) is 0 Å². The Morgan fingerprint density at radius 1 is 1.35 bits per heavy atom. The van der Waals surface area contributed by atoms with Crippen molar-refractivity contribution in [2.45, 2.75) is 38.6 Å². The number of nitrogens with one attached hydrogen (secondary N) is 1. The zero-order valence-corrected chi connectivity index (χ0v) is 10.8. The lowest BCUT2D eigenvalue weighted by molar-refractivity contribution is 0.349. The molecule has 0 spiro atoms. The van der Waals surface area contributed by atoms with Crippen molar-refractivity contribution in [2.75, 3.05) is 5.32 Å². The molecule has 0 heterocycles. The Morgan fingerprint density at radius 3 is 2.76 bits per heavy atom. The molecular formula is C14H17ClN2. The summed E-state index contributed by atoms with van der Waals surface area (Å²) < 4.78 is 0. The van der Waals surface area contributed by atoms with Crippen LogP contribution >= 0.6 is 11.6 Å². The molecule has 2 rings (SSSR count). The lowest BCUT2D eigenvalue weighted by Gasteiger charge is -2.30. The van der Waals surface area contributed by atoms with Gasteiger partial charge in [0.25, 0.3) is 0 Å². The Kier molecular flexibility index (Phi) is 3.91. The zero-order valence-electron chi connectivity index (χ0n) is 10.0. The van der Waals surface area contributed by atoms with Crippen molar-refractivity contribution in [3.05, 3.63) is 28.8 Å². The average molecular weight is 249 g/mol. The van der Waals surface area contributed by atoms with Gasteiger partial charge in [0, 0.05) is 6.04 Å². The Hall–Kier alpha value is -1.20. The first-order valence-electron chi connectivity index (χ1n) is 6.17. The van der Waals surface area contributed by atoms with E-state index in [-0.39, 0.29) is 0 Å². The molecule has 1 fully saturated rings. The highest BCUT2D eigenvalue weighted by Crippen LogP contribution is 2.30. The molecule has 0 aliphatic heterocycles. The molecule has 0 amide bonds. The second-order valence-electron chi connectivity index (χ2n) is 4.82. The van der Waals surface area contributed by atoms with Crippen molar-refractivity contribution in [3.8, 4) is 6.07 Å². The van der Waals surface area contributed by atoms with E-state index in [1.54, 1.807) is 6.07 Å². The van der Waals surface area contributed by atoms with E-state index < -0.39 is 0 Å². The first kappa shape index (κ1) is 12.3. The zero-order chi connectivity index (χ0) is 12.3. The molecule has 0 bridgehead atoms. The van der Waals surface area contributed by atoms with Crippen LogP contribution in [0.25, 0.3) is 0 Å². The molecule has 1 aromatic rings. The molecule has 2 atom stereocenters. The molecule has 0 radical (unpaired) electrons. The maximum Gasteiger partial charge on any atom is 0.0992 e. The molecule has 1 aromatic carbocycles. The summed E-state index contributed by atoms with van der Waals surface area (Å²) >= 11 is 6.16. The highest BCUT2D eigenvalue weighted by atomic mass is 35.5. The van der Waals surface area contributed by atoms with Crippen LogP contribution in [0.4, 0.5) is 5.69 Å². The molecule has 1 aliphatic carbocycles. The van der Waals surface area contributed by atoms with E-state index in [2.05, 4.69) is 18.3 Å². The van der Waals surface area contributed by atoms with Crippen molar-refractivity contribution in [1.29, 1.82) is 5.26 Å². The normalized spacial score (nSPS) is 24.1. The predicted molar refractivity (Wildman–Crippen MR) is 71.2 cm³/mol. The number of benzene rings is 1. The number of halogens is 1. The molecule has 1 saturated carbocycles. The molecule has 0 aromatic heterocycles. The van der Waals surface area contributed by atoms with Crippen molar-refractivity contribution in [2.24, 2.45) is 5.92 Å². The van der Waals surface area contributed by atoms with Crippen LogP contribution in [0.5, 0.6) is 0 Å². The summed E-state index contributed by atoms with van der Waals surface area (Å²) in [7, 11) is 0. The first-order chi connectivity index (χ1) is 8.20. The van der Waals surface area contributed by atoms with Crippen LogP contribution in [0.3, 0.4) is 0 Å². The minimum atomic E-state index is 0.509. The summed E-state index contributed by atoms with van der Waals surface area (Å²) in [6, 6.07) is 8.04. The molecule has 17 heavy (non-hydrogen) atoms. The molecule has 90 valence electrons. The Morgan fingerprint density at radius 2 is 2.12 bits per heavy atom. The standard InChI is InChI=1S/C14H17ClN2/c1-10-4-2-3-5-13(10)17-14-7-6-11(9-16)8-12(14)15/h6-8,10,13,17H,2-5H2,1H3. The molecule has 1 aliphatic rings. The van der Waals surface area contributed by atoms with Crippen molar-refractivity contribution < 1.29 is 0 Å². The van der Waals surface area contributed by atoms with E-state index in [4.69, 9.17) is 16.9 Å². The summed E-state index contributed by atoms with van der Waals surface area (Å²) in [5.41, 5.74) is 1.56. The van der Waals surface area contributed by atoms with E-state index in [0.717, 1.165) is 5.69 Å². The number of anilines is 1. The van der Waals surface area contributed by atoms with Gasteiger partial charge in [-0.05, 0) is 37.0 Å². The van der Waals surface area contributed by atoms with Gasteiger partial charge < -0.3 is 5.32 Å². The number of hydrogen-bond acceptors (Lipinski definition) is 2. The van der Waals surface area contributed by atoms with Gasteiger partial charge in [-0.2, -0.15) is 5.26 Å². The molecule has 3 heteroatoms. The van der Waals surface area contributed by atoms with Gasteiger partial charge in [0.2, 0.25) is 0 Å². The highest BCUT2D eigenvalue weighted by molar-refractivity contribution is 6.33. The van der Waals surface area contributed by atoms with Gasteiger partial charge in [0.05, 0.1) is 22.3 Å². The predicted octanol–water partition coefficient (Wildman–Crippen LogP) is 4.20. The third-order valence-corrected chi connectivity index (χ3v) is 3.86. The summed E-state index contributed by atoms with van der Waals surface area (Å²) in [6.45, 7) is 2.29. The van der Waals surface area contributed by atoms with Gasteiger partial charge in [-0.3, -0.25) is 0 Å². The lowest BCUT2D eigenvalue weighted by atomic mass is 9.86. The molecule has 2 nitrogen and oxygen atoms in total. The Labute approximate surface area is 108 Å². The quantitative estimate of drug-likeness (QED) is 0.851. The van der Waals surface area contributed by atoms with Crippen molar-refractivity contribution in [1.82, 2.24) is 0 Å². The van der Waals surface area contributed by atoms with Crippen LogP contribution in [0.15, 0.2) is 18.2 Å². The third kappa shape index (κ3) is 2.92. The maximum absolute atomic E-state index is 8.79. The van der Waals surface area contributed by atoms with E-state index in [1.807, 2.05) is 12.1 Å². The Balaban J connectivity index is 2.10. The monoisotopic (exact) mass is 248 g/mol. The van der Waals surface area contributed by atoms with Crippen LogP contribution < -0.4 is 5.32 Å². The number of nitriles is 1. The first-order valence-corrected chi connectivity index (χ1v) is 6.54. The molecule has 2 unspecified atom stereocenters. The highest BCUT2D eigenvalue weighted by Gasteiger charge is 2.21. The fourth-order valence-corrected chi connectivity index (χ4v) is 2.67. The summed E-state index contributed by atoms with van der Waals surface area (Å²) in [4.78, 5) is 0. The molecular weight excluding hydrogens is 232 g/mol. The Bertz CT molecular complexity index is 436. The second kappa shape index (κ2) is 5.42. The third-order valence-electron chi connectivity index (χ3n) is 3.55. The van der Waals surface area contributed by atoms with Gasteiger partial charge in [0.15, 0.2) is 0 Å². The number of hydrogen-bond donors (Lipinski definition) is 1. The van der Waals surface area contributed by atoms with Gasteiger partial charge in [0.1, 0.15) is 0 Å². The fourth-order valence-electron chi connectivity index (χ4n) is 2.43. The maximum atomic E-state index is 8.79. The number of nitrogens with zero attached hydrogens (tertiary/aromatic N) is 1. The van der Waals surface area contributed by atoms with Crippen LogP contribution in [0, 0.1) is 17.2 Å².